The van der Waals surface area contributed by atoms with Crippen LogP contribution in [0.5, 0.6) is 0 Å². The minimum absolute atomic E-state index is 0. The van der Waals surface area contributed by atoms with Gasteiger partial charge >= 0.3 is 17.1 Å². The van der Waals surface area contributed by atoms with E-state index in [0.717, 1.165) is 11.3 Å². The molecule has 3 heteroatoms. The molecule has 0 amide bonds. The van der Waals surface area contributed by atoms with Crippen LogP contribution in [0.15, 0.2) is 60.7 Å². The van der Waals surface area contributed by atoms with Crippen molar-refractivity contribution in [2.45, 2.75) is 75.5 Å². The first-order chi connectivity index (χ1) is 18.4. The van der Waals surface area contributed by atoms with Crippen LogP contribution in [-0.2, 0) is 17.1 Å². The largest absolute Gasteiger partial charge is 2.00 e. The standard InChI is InChI=1S/C30H37P2.C5H5.Fe/c1-5-15-26(16-6-1)31(27-17-7-2-8-18-27)24-25-14-13-23-30(25)32(28-19-9-3-10-20-28)29-21-11-4-12-22-29;1-2-4-5-3-1;/h3-4,9-14,19-23,26-27H,1-2,5-8,15-18,24H2;1-5H;/q;;+2. The van der Waals surface area contributed by atoms with E-state index in [1.54, 1.807) is 11.6 Å². The van der Waals surface area contributed by atoms with Crippen molar-refractivity contribution in [3.8, 4) is 0 Å². The van der Waals surface area contributed by atoms with Crippen molar-refractivity contribution in [2.75, 3.05) is 6.16 Å². The summed E-state index contributed by atoms with van der Waals surface area (Å²) in [5.41, 5.74) is 3.66. The summed E-state index contributed by atoms with van der Waals surface area (Å²) in [6, 6.07) is 22.6. The van der Waals surface area contributed by atoms with Gasteiger partial charge < -0.3 is 0 Å². The van der Waals surface area contributed by atoms with E-state index >= 15 is 0 Å². The Kier molecular flexibility index (Phi) is 13.7. The van der Waals surface area contributed by atoms with Gasteiger partial charge in [0.2, 0.25) is 0 Å². The molecule has 0 bridgehead atoms. The zero-order chi connectivity index (χ0) is 25.1. The van der Waals surface area contributed by atoms with Gasteiger partial charge in [-0.05, 0) is 119 Å². The first-order valence-electron chi connectivity index (χ1n) is 14.5. The van der Waals surface area contributed by atoms with E-state index < -0.39 is 7.92 Å². The molecule has 0 unspecified atom stereocenters. The van der Waals surface area contributed by atoms with E-state index in [1.807, 2.05) is 32.1 Å². The normalized spacial score (nSPS) is 21.8. The Morgan fingerprint density at radius 3 is 1.42 bits per heavy atom. The summed E-state index contributed by atoms with van der Waals surface area (Å²) in [5.74, 6) is 1.67. The molecule has 0 N–H and O–H groups in total. The van der Waals surface area contributed by atoms with Gasteiger partial charge in [0.25, 0.3) is 0 Å². The summed E-state index contributed by atoms with van der Waals surface area (Å²) in [7, 11) is -0.401. The maximum atomic E-state index is 2.48. The first-order valence-corrected chi connectivity index (χ1v) is 17.5. The van der Waals surface area contributed by atoms with Crippen LogP contribution < -0.4 is 10.6 Å². The fourth-order valence-electron chi connectivity index (χ4n) is 6.28. The molecule has 0 aromatic heterocycles. The Morgan fingerprint density at radius 1 is 0.526 bits per heavy atom. The van der Waals surface area contributed by atoms with Gasteiger partial charge in [0.15, 0.2) is 0 Å². The second-order valence-corrected chi connectivity index (χ2v) is 15.7. The first kappa shape index (κ1) is 30.8. The number of rotatable bonds is 7. The minimum atomic E-state index is -0.485. The van der Waals surface area contributed by atoms with Crippen LogP contribution in [0.25, 0.3) is 0 Å². The number of hydrogen-bond acceptors (Lipinski definition) is 0. The van der Waals surface area contributed by atoms with Crippen molar-refractivity contribution in [3.05, 3.63) is 124 Å². The van der Waals surface area contributed by atoms with Gasteiger partial charge in [-0.25, -0.2) is 0 Å². The molecule has 4 fully saturated rings. The molecular weight excluding hydrogens is 538 g/mol. The second-order valence-electron chi connectivity index (χ2n) is 10.7. The van der Waals surface area contributed by atoms with E-state index in [2.05, 4.69) is 79.9 Å². The summed E-state index contributed by atoms with van der Waals surface area (Å²) < 4.78 is 0. The molecule has 2 aromatic rings. The molecule has 0 nitrogen and oxygen atoms in total. The summed E-state index contributed by atoms with van der Waals surface area (Å²) in [5, 5.41) is 2.97. The average molecular weight is 581 g/mol. The van der Waals surface area contributed by atoms with E-state index in [0.29, 0.717) is 0 Å². The van der Waals surface area contributed by atoms with Crippen molar-refractivity contribution < 1.29 is 17.1 Å². The molecule has 198 valence electrons. The fraction of sp³-hybridized carbons (Fsp3) is 0.371. The molecular formula is C35H42FeP2+2. The summed E-state index contributed by atoms with van der Waals surface area (Å²) in [6.45, 7) is 0. The van der Waals surface area contributed by atoms with E-state index in [9.17, 15) is 0 Å². The predicted octanol–water partition coefficient (Wildman–Crippen LogP) is 9.02. The summed E-state index contributed by atoms with van der Waals surface area (Å²) >= 11 is 0. The van der Waals surface area contributed by atoms with Gasteiger partial charge in [-0.15, -0.1) is 0 Å². The molecule has 0 saturated heterocycles. The molecule has 4 aliphatic rings. The van der Waals surface area contributed by atoms with E-state index in [-0.39, 0.29) is 25.0 Å². The van der Waals surface area contributed by atoms with Gasteiger partial charge in [-0.2, -0.15) is 0 Å². The molecule has 4 saturated carbocycles. The topological polar surface area (TPSA) is 0 Å². The minimum Gasteiger partial charge on any atom is -0.0997 e. The van der Waals surface area contributed by atoms with Gasteiger partial charge in [0.05, 0.1) is 0 Å². The quantitative estimate of drug-likeness (QED) is 0.227. The van der Waals surface area contributed by atoms with Crippen LogP contribution in [0.2, 0.25) is 0 Å². The van der Waals surface area contributed by atoms with Crippen LogP contribution in [0.4, 0.5) is 0 Å². The zero-order valence-corrected chi connectivity index (χ0v) is 25.5. The number of hydrogen-bond donors (Lipinski definition) is 0. The smallest absolute Gasteiger partial charge is 0.0997 e. The molecule has 0 heterocycles. The molecule has 38 heavy (non-hydrogen) atoms. The van der Waals surface area contributed by atoms with Gasteiger partial charge in [0, 0.05) is 5.66 Å². The maximum Gasteiger partial charge on any atom is 2.00 e. The molecule has 6 rings (SSSR count). The van der Waals surface area contributed by atoms with Crippen molar-refractivity contribution in [1.82, 2.24) is 0 Å². The maximum absolute atomic E-state index is 2.48. The Hall–Kier alpha value is -0.181. The van der Waals surface area contributed by atoms with Crippen LogP contribution in [0, 0.1) is 62.9 Å². The van der Waals surface area contributed by atoms with Crippen LogP contribution in [0.3, 0.4) is 0 Å². The van der Waals surface area contributed by atoms with Crippen LogP contribution >= 0.6 is 15.8 Å². The SMILES string of the molecule is [CH]1[CH][CH][CH][CH]1.[CH]1[CH][C](CP(C2CCCCC2)C2CCCCC2)[C](P(c2ccccc2)c2ccccc2)[CH]1.[Fe+2]. The third-order valence-corrected chi connectivity index (χ3v) is 14.3. The molecule has 2 aromatic carbocycles. The Bertz CT molecular complexity index is 806. The molecule has 0 aliphatic heterocycles. The third-order valence-electron chi connectivity index (χ3n) is 8.15. The van der Waals surface area contributed by atoms with Crippen molar-refractivity contribution in [2.24, 2.45) is 0 Å². The van der Waals surface area contributed by atoms with Crippen molar-refractivity contribution in [1.29, 1.82) is 0 Å². The monoisotopic (exact) mass is 580 g/mol. The predicted molar refractivity (Wildman–Crippen MR) is 165 cm³/mol. The molecule has 0 spiro atoms. The van der Waals surface area contributed by atoms with E-state index in [4.69, 9.17) is 0 Å². The van der Waals surface area contributed by atoms with Gasteiger partial charge in [-0.3, -0.25) is 0 Å². The third kappa shape index (κ3) is 8.66. The Labute approximate surface area is 247 Å². The zero-order valence-electron chi connectivity index (χ0n) is 22.6. The average Bonchev–Trinajstić information content (AvgIpc) is 3.70. The Balaban J connectivity index is 0.000000504. The van der Waals surface area contributed by atoms with Gasteiger partial charge in [-0.1, -0.05) is 107 Å². The van der Waals surface area contributed by atoms with Crippen LogP contribution in [0.1, 0.15) is 64.2 Å². The summed E-state index contributed by atoms with van der Waals surface area (Å²) in [6.07, 6.45) is 33.5. The van der Waals surface area contributed by atoms with Crippen molar-refractivity contribution >= 4 is 26.5 Å². The summed E-state index contributed by atoms with van der Waals surface area (Å²) in [4.78, 5) is 0. The Morgan fingerprint density at radius 2 is 0.974 bits per heavy atom. The van der Waals surface area contributed by atoms with Gasteiger partial charge in [0.1, 0.15) is 0 Å². The molecule has 4 aliphatic carbocycles. The molecule has 10 radical (unpaired) electrons. The second kappa shape index (κ2) is 16.9. The van der Waals surface area contributed by atoms with Crippen LogP contribution in [-0.4, -0.2) is 17.5 Å². The fourth-order valence-corrected chi connectivity index (χ4v) is 12.7. The van der Waals surface area contributed by atoms with Crippen molar-refractivity contribution in [3.63, 3.8) is 0 Å². The molecule has 0 atom stereocenters. The van der Waals surface area contributed by atoms with E-state index in [1.165, 1.54) is 81.0 Å². The number of benzene rings is 2.